The van der Waals surface area contributed by atoms with Gasteiger partial charge in [-0.15, -0.1) is 0 Å². The van der Waals surface area contributed by atoms with Gasteiger partial charge in [-0.05, 0) is 98.4 Å². The van der Waals surface area contributed by atoms with Gasteiger partial charge in [0.1, 0.15) is 4.49 Å². The summed E-state index contributed by atoms with van der Waals surface area (Å²) in [5.74, 6) is 2.85. The summed E-state index contributed by atoms with van der Waals surface area (Å²) in [6.45, 7) is 11.7. The van der Waals surface area contributed by atoms with Crippen LogP contribution in [0, 0.1) is 40.4 Å². The van der Waals surface area contributed by atoms with E-state index in [1.165, 1.54) is 44.1 Å². The predicted molar refractivity (Wildman–Crippen MR) is 114 cm³/mol. The topological polar surface area (TPSA) is 18.5 Å². The molecule has 5 fully saturated rings. The van der Waals surface area contributed by atoms with E-state index in [0.717, 1.165) is 18.3 Å². The lowest BCUT2D eigenvalue weighted by Crippen LogP contribution is -2.62. The van der Waals surface area contributed by atoms with Crippen LogP contribution in [0.5, 0.6) is 0 Å². The highest BCUT2D eigenvalue weighted by molar-refractivity contribution is 6.56. The molecule has 158 valence electrons. The minimum absolute atomic E-state index is 0.131. The van der Waals surface area contributed by atoms with Crippen molar-refractivity contribution in [1.82, 2.24) is 0 Å². The zero-order valence-electron chi connectivity index (χ0n) is 18.1. The maximum atomic E-state index is 6.70. The first-order chi connectivity index (χ1) is 13.1. The molecule has 5 rings (SSSR count). The van der Waals surface area contributed by atoms with E-state index in [4.69, 9.17) is 32.7 Å². The van der Waals surface area contributed by atoms with E-state index in [1.807, 2.05) is 0 Å². The number of hydrogen-bond acceptors (Lipinski definition) is 2. The number of allylic oxidation sites excluding steroid dienone is 1. The van der Waals surface area contributed by atoms with Crippen LogP contribution in [-0.4, -0.2) is 18.0 Å². The molecule has 28 heavy (non-hydrogen) atoms. The van der Waals surface area contributed by atoms with Crippen molar-refractivity contribution in [2.45, 2.75) is 97.6 Å². The first kappa shape index (κ1) is 20.2. The predicted octanol–water partition coefficient (Wildman–Crippen LogP) is 7.09. The summed E-state index contributed by atoms with van der Waals surface area (Å²) >= 11 is 12.7. The van der Waals surface area contributed by atoms with E-state index in [2.05, 4.69) is 34.6 Å². The van der Waals surface area contributed by atoms with Gasteiger partial charge in [0, 0.05) is 0 Å². The Kier molecular flexibility index (Phi) is 4.59. The van der Waals surface area contributed by atoms with Crippen LogP contribution in [0.3, 0.4) is 0 Å². The molecule has 4 saturated carbocycles. The van der Waals surface area contributed by atoms with Crippen LogP contribution in [0.15, 0.2) is 10.1 Å². The molecule has 9 atom stereocenters. The smallest absolute Gasteiger partial charge is 0.163 e. The third kappa shape index (κ3) is 2.66. The summed E-state index contributed by atoms with van der Waals surface area (Å²) < 4.78 is 13.9. The van der Waals surface area contributed by atoms with E-state index in [0.29, 0.717) is 27.7 Å². The molecular weight excluding hydrogens is 391 g/mol. The molecule has 0 aromatic rings. The van der Waals surface area contributed by atoms with Gasteiger partial charge in [-0.1, -0.05) is 50.4 Å². The van der Waals surface area contributed by atoms with Crippen LogP contribution < -0.4 is 0 Å². The van der Waals surface area contributed by atoms with E-state index in [-0.39, 0.29) is 17.6 Å². The third-order valence-corrected chi connectivity index (χ3v) is 10.3. The van der Waals surface area contributed by atoms with Crippen molar-refractivity contribution >= 4 is 23.2 Å². The highest BCUT2D eigenvalue weighted by Crippen LogP contribution is 2.70. The molecule has 1 heterocycles. The quantitative estimate of drug-likeness (QED) is 0.411. The van der Waals surface area contributed by atoms with Crippen LogP contribution in [0.2, 0.25) is 0 Å². The van der Waals surface area contributed by atoms with Crippen molar-refractivity contribution in [2.75, 3.05) is 0 Å². The van der Waals surface area contributed by atoms with Gasteiger partial charge in [0.2, 0.25) is 0 Å². The summed E-state index contributed by atoms with van der Waals surface area (Å²) in [5, 5.41) is 0. The highest BCUT2D eigenvalue weighted by atomic mass is 35.5. The fourth-order valence-corrected chi connectivity index (χ4v) is 9.13. The van der Waals surface area contributed by atoms with Gasteiger partial charge in [-0.2, -0.15) is 0 Å². The minimum atomic E-state index is -0.471. The Balaban J connectivity index is 1.59. The van der Waals surface area contributed by atoms with E-state index in [9.17, 15) is 0 Å². The number of hydrogen-bond donors (Lipinski definition) is 0. The fourth-order valence-electron chi connectivity index (χ4n) is 8.51. The number of rotatable bonds is 0. The van der Waals surface area contributed by atoms with Crippen molar-refractivity contribution < 1.29 is 9.47 Å². The monoisotopic (exact) mass is 426 g/mol. The summed E-state index contributed by atoms with van der Waals surface area (Å²) in [5.41, 5.74) is 1.81. The largest absolute Gasteiger partial charge is 0.344 e. The van der Waals surface area contributed by atoms with Gasteiger partial charge in [0.05, 0.1) is 12.2 Å². The maximum Gasteiger partial charge on any atom is 0.163 e. The molecule has 0 amide bonds. The first-order valence-electron chi connectivity index (χ1n) is 11.5. The average Bonchev–Trinajstić information content (AvgIpc) is 3.12. The SMILES string of the molecule is C[C@H]1CC[C@]2(C)C3CC[C@]4(C)C(=C(Cl)Cl)CCC4C3[C@H]3OC(C)(C)O[C@@H]3C2C1. The maximum absolute atomic E-state index is 6.70. The second kappa shape index (κ2) is 6.38. The fraction of sp³-hybridized carbons (Fsp3) is 0.917. The van der Waals surface area contributed by atoms with Crippen molar-refractivity contribution in [1.29, 1.82) is 0 Å². The molecule has 0 spiro atoms. The molecule has 0 N–H and O–H groups in total. The number of fused-ring (bicyclic) bond motifs is 8. The summed E-state index contributed by atoms with van der Waals surface area (Å²) in [6.07, 6.45) is 9.19. The van der Waals surface area contributed by atoms with Gasteiger partial charge in [-0.25, -0.2) is 0 Å². The Morgan fingerprint density at radius 1 is 0.893 bits per heavy atom. The molecule has 4 heteroatoms. The molecule has 0 aromatic heterocycles. The van der Waals surface area contributed by atoms with E-state index >= 15 is 0 Å². The van der Waals surface area contributed by atoms with Crippen molar-refractivity contribution in [3.8, 4) is 0 Å². The summed E-state index contributed by atoms with van der Waals surface area (Å²) in [7, 11) is 0. The van der Waals surface area contributed by atoms with E-state index < -0.39 is 5.79 Å². The number of ether oxygens (including phenoxy) is 2. The van der Waals surface area contributed by atoms with Crippen LogP contribution >= 0.6 is 23.2 Å². The lowest BCUT2D eigenvalue weighted by molar-refractivity contribution is -0.176. The Morgan fingerprint density at radius 3 is 2.32 bits per heavy atom. The lowest BCUT2D eigenvalue weighted by Gasteiger charge is -2.63. The first-order valence-corrected chi connectivity index (χ1v) is 12.2. The van der Waals surface area contributed by atoms with Gasteiger partial charge in [0.15, 0.2) is 5.79 Å². The average molecular weight is 427 g/mol. The molecule has 0 radical (unpaired) electrons. The molecule has 1 saturated heterocycles. The van der Waals surface area contributed by atoms with E-state index in [1.54, 1.807) is 0 Å². The van der Waals surface area contributed by atoms with Crippen LogP contribution in [-0.2, 0) is 9.47 Å². The molecule has 4 unspecified atom stereocenters. The molecule has 2 nitrogen and oxygen atoms in total. The molecule has 0 bridgehead atoms. The van der Waals surface area contributed by atoms with Gasteiger partial charge in [0.25, 0.3) is 0 Å². The van der Waals surface area contributed by atoms with Gasteiger partial charge < -0.3 is 9.47 Å². The Bertz CT molecular complexity index is 699. The molecule has 5 aliphatic rings. The Hall–Kier alpha value is 0.240. The van der Waals surface area contributed by atoms with Crippen LogP contribution in [0.25, 0.3) is 0 Å². The zero-order chi connectivity index (χ0) is 20.1. The van der Waals surface area contributed by atoms with Crippen LogP contribution in [0.4, 0.5) is 0 Å². The molecule has 4 aliphatic carbocycles. The standard InChI is InChI=1S/C24H36Cl2O2/c1-13-8-10-24(5)15-9-11-23(4)14(6-7-16(23)21(25)26)18(15)20-19(17(24)12-13)27-22(2,3)28-20/h13-15,17-20H,6-12H2,1-5H3/t13-,14?,15?,17?,18?,19+,20+,23-,24+/m0/s1. The summed E-state index contributed by atoms with van der Waals surface area (Å²) in [6, 6.07) is 0. The molecule has 1 aliphatic heterocycles. The minimum Gasteiger partial charge on any atom is -0.344 e. The van der Waals surface area contributed by atoms with Gasteiger partial charge in [-0.3, -0.25) is 0 Å². The zero-order valence-corrected chi connectivity index (χ0v) is 19.6. The lowest BCUT2D eigenvalue weighted by atomic mass is 9.43. The van der Waals surface area contributed by atoms with Crippen molar-refractivity contribution in [3.63, 3.8) is 0 Å². The molecular formula is C24H36Cl2O2. The Morgan fingerprint density at radius 2 is 1.61 bits per heavy atom. The normalized spacial score (nSPS) is 54.5. The molecule has 0 aromatic carbocycles. The second-order valence-corrected chi connectivity index (χ2v) is 12.5. The number of halogens is 2. The Labute approximate surface area is 180 Å². The van der Waals surface area contributed by atoms with Crippen LogP contribution in [0.1, 0.15) is 79.6 Å². The second-order valence-electron chi connectivity index (χ2n) is 11.6. The highest BCUT2D eigenvalue weighted by Gasteiger charge is 2.67. The van der Waals surface area contributed by atoms with Gasteiger partial charge >= 0.3 is 0 Å². The van der Waals surface area contributed by atoms with Crippen molar-refractivity contribution in [2.24, 2.45) is 40.4 Å². The summed E-state index contributed by atoms with van der Waals surface area (Å²) in [4.78, 5) is 0. The van der Waals surface area contributed by atoms with Crippen molar-refractivity contribution in [3.05, 3.63) is 10.1 Å². The third-order valence-electron chi connectivity index (χ3n) is 9.81.